The quantitative estimate of drug-likeness (QED) is 0.614. The van der Waals surface area contributed by atoms with Crippen LogP contribution in [0.2, 0.25) is 0 Å². The van der Waals surface area contributed by atoms with Gasteiger partial charge in [-0.05, 0) is 24.6 Å². The Bertz CT molecular complexity index is 767. The third-order valence-electron chi connectivity index (χ3n) is 3.61. The van der Waals surface area contributed by atoms with Crippen molar-refractivity contribution in [1.82, 2.24) is 15.0 Å². The molecule has 1 atom stereocenters. The van der Waals surface area contributed by atoms with Gasteiger partial charge in [-0.25, -0.2) is 9.97 Å². The van der Waals surface area contributed by atoms with E-state index in [2.05, 4.69) is 44.6 Å². The average molecular weight is 335 g/mol. The lowest BCUT2D eigenvalue weighted by Gasteiger charge is -2.14. The van der Waals surface area contributed by atoms with E-state index >= 15 is 0 Å². The van der Waals surface area contributed by atoms with Gasteiger partial charge in [0.15, 0.2) is 0 Å². The van der Waals surface area contributed by atoms with Gasteiger partial charge >= 0.3 is 0 Å². The topological polar surface area (TPSA) is 72.0 Å². The van der Waals surface area contributed by atoms with Crippen molar-refractivity contribution in [3.8, 4) is 5.75 Å². The van der Waals surface area contributed by atoms with E-state index in [9.17, 15) is 0 Å². The van der Waals surface area contributed by atoms with Crippen molar-refractivity contribution in [3.63, 3.8) is 0 Å². The molecule has 25 heavy (non-hydrogen) atoms. The molecule has 2 aromatic carbocycles. The van der Waals surface area contributed by atoms with Crippen molar-refractivity contribution in [2.45, 2.75) is 13.0 Å². The van der Waals surface area contributed by atoms with Crippen molar-refractivity contribution in [1.29, 1.82) is 0 Å². The number of nitrogens with zero attached hydrogens (tertiary/aromatic N) is 3. The molecule has 1 aromatic heterocycles. The largest absolute Gasteiger partial charge is 0.492 e. The van der Waals surface area contributed by atoms with Crippen LogP contribution in [0.3, 0.4) is 0 Å². The summed E-state index contributed by atoms with van der Waals surface area (Å²) in [6, 6.07) is 20.0. The highest BCUT2D eigenvalue weighted by Gasteiger charge is 2.07. The standard InChI is InChI=1S/C19H21N5O/c1-15(16-8-4-2-5-9-16)23-19-22-14-21-18(24-19)20-12-13-25-17-10-6-3-7-11-17/h2-11,14-15H,12-13H2,1H3,(H2,20,21,22,23,24)/t15-/m0/s1. The maximum Gasteiger partial charge on any atom is 0.227 e. The fourth-order valence-electron chi connectivity index (χ4n) is 2.32. The van der Waals surface area contributed by atoms with Gasteiger partial charge in [0.1, 0.15) is 18.7 Å². The zero-order chi connectivity index (χ0) is 17.3. The Morgan fingerprint density at radius 1 is 0.920 bits per heavy atom. The minimum absolute atomic E-state index is 0.109. The number of ether oxygens (including phenoxy) is 1. The molecule has 0 spiro atoms. The molecular formula is C19H21N5O. The van der Waals surface area contributed by atoms with Crippen molar-refractivity contribution >= 4 is 11.9 Å². The van der Waals surface area contributed by atoms with E-state index in [0.717, 1.165) is 5.75 Å². The van der Waals surface area contributed by atoms with E-state index in [1.54, 1.807) is 0 Å². The Hall–Kier alpha value is -3.15. The van der Waals surface area contributed by atoms with Gasteiger partial charge in [-0.1, -0.05) is 48.5 Å². The lowest BCUT2D eigenvalue weighted by molar-refractivity contribution is 0.332. The SMILES string of the molecule is C[C@H](Nc1ncnc(NCCOc2ccccc2)n1)c1ccccc1. The lowest BCUT2D eigenvalue weighted by Crippen LogP contribution is -2.15. The maximum absolute atomic E-state index is 5.63. The highest BCUT2D eigenvalue weighted by atomic mass is 16.5. The molecule has 6 nitrogen and oxygen atoms in total. The normalized spacial score (nSPS) is 11.6. The molecule has 0 aliphatic heterocycles. The second-order valence-electron chi connectivity index (χ2n) is 5.50. The van der Waals surface area contributed by atoms with Gasteiger partial charge in [0.05, 0.1) is 12.6 Å². The first-order valence-corrected chi connectivity index (χ1v) is 8.23. The minimum Gasteiger partial charge on any atom is -0.492 e. The van der Waals surface area contributed by atoms with Crippen LogP contribution >= 0.6 is 0 Å². The molecule has 128 valence electrons. The van der Waals surface area contributed by atoms with E-state index in [0.29, 0.717) is 25.0 Å². The monoisotopic (exact) mass is 335 g/mol. The van der Waals surface area contributed by atoms with E-state index in [1.807, 2.05) is 48.5 Å². The third-order valence-corrected chi connectivity index (χ3v) is 3.61. The molecule has 0 radical (unpaired) electrons. The van der Waals surface area contributed by atoms with Gasteiger partial charge in [-0.3, -0.25) is 0 Å². The molecule has 3 rings (SSSR count). The van der Waals surface area contributed by atoms with E-state index in [1.165, 1.54) is 11.9 Å². The van der Waals surface area contributed by atoms with Gasteiger partial charge in [-0.2, -0.15) is 4.98 Å². The van der Waals surface area contributed by atoms with Gasteiger partial charge in [0, 0.05) is 0 Å². The van der Waals surface area contributed by atoms with Crippen LogP contribution < -0.4 is 15.4 Å². The first kappa shape index (κ1) is 16.7. The second kappa shape index (κ2) is 8.63. The summed E-state index contributed by atoms with van der Waals surface area (Å²) in [5.41, 5.74) is 1.17. The van der Waals surface area contributed by atoms with Crippen LogP contribution in [0.1, 0.15) is 18.5 Å². The molecule has 2 N–H and O–H groups in total. The number of nitrogens with one attached hydrogen (secondary N) is 2. The number of aromatic nitrogens is 3. The number of hydrogen-bond acceptors (Lipinski definition) is 6. The van der Waals surface area contributed by atoms with Gasteiger partial charge in [-0.15, -0.1) is 0 Å². The molecule has 3 aromatic rings. The highest BCUT2D eigenvalue weighted by Crippen LogP contribution is 2.16. The fraction of sp³-hybridized carbons (Fsp3) is 0.211. The summed E-state index contributed by atoms with van der Waals surface area (Å²) in [6.07, 6.45) is 1.49. The highest BCUT2D eigenvalue weighted by molar-refractivity contribution is 5.36. The Morgan fingerprint density at radius 3 is 2.36 bits per heavy atom. The smallest absolute Gasteiger partial charge is 0.227 e. The Kier molecular flexibility index (Phi) is 5.77. The number of anilines is 2. The Labute approximate surface area is 147 Å². The van der Waals surface area contributed by atoms with Gasteiger partial charge in [0.2, 0.25) is 11.9 Å². The van der Waals surface area contributed by atoms with Crippen molar-refractivity contribution < 1.29 is 4.74 Å². The first-order chi connectivity index (χ1) is 12.3. The summed E-state index contributed by atoms with van der Waals surface area (Å²) in [7, 11) is 0. The molecule has 0 aliphatic rings. The van der Waals surface area contributed by atoms with Crippen molar-refractivity contribution in [2.75, 3.05) is 23.8 Å². The summed E-state index contributed by atoms with van der Waals surface area (Å²) in [6.45, 7) is 3.20. The summed E-state index contributed by atoms with van der Waals surface area (Å²) >= 11 is 0. The third kappa shape index (κ3) is 5.17. The molecule has 1 heterocycles. The zero-order valence-corrected chi connectivity index (χ0v) is 14.1. The second-order valence-corrected chi connectivity index (χ2v) is 5.50. The molecule has 0 saturated heterocycles. The fourth-order valence-corrected chi connectivity index (χ4v) is 2.32. The lowest BCUT2D eigenvalue weighted by atomic mass is 10.1. The van der Waals surface area contributed by atoms with Crippen LogP contribution in [0.15, 0.2) is 67.0 Å². The predicted molar refractivity (Wildman–Crippen MR) is 98.7 cm³/mol. The molecule has 6 heteroatoms. The van der Waals surface area contributed by atoms with E-state index in [4.69, 9.17) is 4.74 Å². The first-order valence-electron chi connectivity index (χ1n) is 8.23. The predicted octanol–water partition coefficient (Wildman–Crippen LogP) is 3.54. The maximum atomic E-state index is 5.63. The van der Waals surface area contributed by atoms with Crippen molar-refractivity contribution in [2.24, 2.45) is 0 Å². The van der Waals surface area contributed by atoms with Crippen LogP contribution in [0.4, 0.5) is 11.9 Å². The molecular weight excluding hydrogens is 314 g/mol. The van der Waals surface area contributed by atoms with Crippen LogP contribution in [0, 0.1) is 0 Å². The Balaban J connectivity index is 1.49. The van der Waals surface area contributed by atoms with Crippen molar-refractivity contribution in [3.05, 3.63) is 72.6 Å². The minimum atomic E-state index is 0.109. The van der Waals surface area contributed by atoms with Crippen LogP contribution in [0.25, 0.3) is 0 Å². The number of rotatable bonds is 8. The molecule has 0 saturated carbocycles. The van der Waals surface area contributed by atoms with Crippen LogP contribution in [-0.2, 0) is 0 Å². The molecule has 0 fully saturated rings. The average Bonchev–Trinajstić information content (AvgIpc) is 2.67. The Morgan fingerprint density at radius 2 is 1.60 bits per heavy atom. The van der Waals surface area contributed by atoms with E-state index in [-0.39, 0.29) is 6.04 Å². The molecule has 0 amide bonds. The molecule has 0 unspecified atom stereocenters. The van der Waals surface area contributed by atoms with Crippen LogP contribution in [-0.4, -0.2) is 28.1 Å². The zero-order valence-electron chi connectivity index (χ0n) is 14.1. The summed E-state index contributed by atoms with van der Waals surface area (Å²) < 4.78 is 5.63. The summed E-state index contributed by atoms with van der Waals surface area (Å²) in [4.78, 5) is 12.7. The number of benzene rings is 2. The van der Waals surface area contributed by atoms with Gasteiger partial charge < -0.3 is 15.4 Å². The van der Waals surface area contributed by atoms with Crippen LogP contribution in [0.5, 0.6) is 5.75 Å². The summed E-state index contributed by atoms with van der Waals surface area (Å²) in [5.74, 6) is 1.91. The van der Waals surface area contributed by atoms with E-state index < -0.39 is 0 Å². The molecule has 0 aliphatic carbocycles. The number of para-hydroxylation sites is 1. The van der Waals surface area contributed by atoms with Gasteiger partial charge in [0.25, 0.3) is 0 Å². The number of hydrogen-bond donors (Lipinski definition) is 2. The molecule has 0 bridgehead atoms. The summed E-state index contributed by atoms with van der Waals surface area (Å²) in [5, 5.41) is 6.42.